The van der Waals surface area contributed by atoms with Crippen LogP contribution in [0.3, 0.4) is 0 Å². The SMILES string of the molecule is COc1cc(CO)ccc1OCC(=O)C1CC1. The number of Topliss-reactive ketones (excluding diaryl/α,β-unsaturated/α-hetero) is 1. The van der Waals surface area contributed by atoms with Gasteiger partial charge in [0.15, 0.2) is 17.3 Å². The summed E-state index contributed by atoms with van der Waals surface area (Å²) >= 11 is 0. The number of carbonyl (C=O) groups is 1. The molecule has 4 heteroatoms. The first-order chi connectivity index (χ1) is 8.24. The summed E-state index contributed by atoms with van der Waals surface area (Å²) in [6, 6.07) is 5.17. The van der Waals surface area contributed by atoms with Gasteiger partial charge in [-0.25, -0.2) is 0 Å². The molecule has 1 N–H and O–H groups in total. The number of hydrogen-bond donors (Lipinski definition) is 1. The highest BCUT2D eigenvalue weighted by Crippen LogP contribution is 2.31. The van der Waals surface area contributed by atoms with Crippen molar-refractivity contribution < 1.29 is 19.4 Å². The van der Waals surface area contributed by atoms with E-state index in [4.69, 9.17) is 14.6 Å². The molecule has 0 unspecified atom stereocenters. The van der Waals surface area contributed by atoms with E-state index in [0.717, 1.165) is 18.4 Å². The van der Waals surface area contributed by atoms with Gasteiger partial charge in [-0.2, -0.15) is 0 Å². The summed E-state index contributed by atoms with van der Waals surface area (Å²) < 4.78 is 10.6. The molecule has 0 spiro atoms. The summed E-state index contributed by atoms with van der Waals surface area (Å²) in [6.45, 7) is 0.0527. The molecule has 0 aliphatic heterocycles. The monoisotopic (exact) mass is 236 g/mol. The predicted molar refractivity (Wildman–Crippen MR) is 62.1 cm³/mol. The molecule has 0 atom stereocenters. The highest BCUT2D eigenvalue weighted by Gasteiger charge is 2.29. The summed E-state index contributed by atoms with van der Waals surface area (Å²) in [7, 11) is 1.53. The molecule has 0 amide bonds. The van der Waals surface area contributed by atoms with E-state index < -0.39 is 0 Å². The average molecular weight is 236 g/mol. The maximum Gasteiger partial charge on any atom is 0.173 e. The number of hydrogen-bond acceptors (Lipinski definition) is 4. The molecule has 1 aliphatic rings. The van der Waals surface area contributed by atoms with E-state index in [1.165, 1.54) is 7.11 Å². The van der Waals surface area contributed by atoms with Crippen molar-refractivity contribution in [3.8, 4) is 11.5 Å². The van der Waals surface area contributed by atoms with E-state index in [-0.39, 0.29) is 24.9 Å². The Kier molecular flexibility index (Phi) is 3.64. The lowest BCUT2D eigenvalue weighted by molar-refractivity contribution is -0.122. The highest BCUT2D eigenvalue weighted by atomic mass is 16.5. The third-order valence-electron chi connectivity index (χ3n) is 2.81. The molecule has 2 rings (SSSR count). The first kappa shape index (κ1) is 11.9. The van der Waals surface area contributed by atoms with Crippen LogP contribution in [0.2, 0.25) is 0 Å². The zero-order valence-corrected chi connectivity index (χ0v) is 9.81. The molecule has 1 aromatic carbocycles. The fourth-order valence-electron chi connectivity index (χ4n) is 1.60. The minimum Gasteiger partial charge on any atom is -0.493 e. The van der Waals surface area contributed by atoms with E-state index in [9.17, 15) is 4.79 Å². The first-order valence-corrected chi connectivity index (χ1v) is 5.68. The van der Waals surface area contributed by atoms with E-state index in [1.807, 2.05) is 0 Å². The third kappa shape index (κ3) is 2.97. The number of rotatable bonds is 6. The Bertz CT molecular complexity index is 410. The quantitative estimate of drug-likeness (QED) is 0.814. The Balaban J connectivity index is 2.01. The Hall–Kier alpha value is -1.55. The average Bonchev–Trinajstić information content (AvgIpc) is 3.19. The number of aliphatic hydroxyl groups is 1. The minimum absolute atomic E-state index is 0.0440. The lowest BCUT2D eigenvalue weighted by Gasteiger charge is -2.10. The van der Waals surface area contributed by atoms with Gasteiger partial charge in [0.2, 0.25) is 0 Å². The number of benzene rings is 1. The van der Waals surface area contributed by atoms with Gasteiger partial charge >= 0.3 is 0 Å². The molecule has 0 bridgehead atoms. The van der Waals surface area contributed by atoms with Gasteiger partial charge in [-0.05, 0) is 30.5 Å². The van der Waals surface area contributed by atoms with Gasteiger partial charge in [-0.1, -0.05) is 6.07 Å². The van der Waals surface area contributed by atoms with Gasteiger partial charge in [0.1, 0.15) is 6.61 Å². The Morgan fingerprint density at radius 2 is 2.18 bits per heavy atom. The molecule has 0 aromatic heterocycles. The van der Waals surface area contributed by atoms with Gasteiger partial charge < -0.3 is 14.6 Å². The summed E-state index contributed by atoms with van der Waals surface area (Å²) in [5.41, 5.74) is 0.753. The lowest BCUT2D eigenvalue weighted by atomic mass is 10.2. The van der Waals surface area contributed by atoms with Crippen molar-refractivity contribution in [3.05, 3.63) is 23.8 Å². The standard InChI is InChI=1S/C13H16O4/c1-16-13-6-9(7-14)2-5-12(13)17-8-11(15)10-3-4-10/h2,5-6,10,14H,3-4,7-8H2,1H3. The van der Waals surface area contributed by atoms with Crippen molar-refractivity contribution in [2.24, 2.45) is 5.92 Å². The second-order valence-corrected chi connectivity index (χ2v) is 4.17. The Morgan fingerprint density at radius 1 is 1.41 bits per heavy atom. The number of methoxy groups -OCH3 is 1. The summed E-state index contributed by atoms with van der Waals surface area (Å²) in [4.78, 5) is 11.5. The number of ether oxygens (including phenoxy) is 2. The fourth-order valence-corrected chi connectivity index (χ4v) is 1.60. The van der Waals surface area contributed by atoms with Crippen molar-refractivity contribution in [2.75, 3.05) is 13.7 Å². The normalized spacial score (nSPS) is 14.5. The molecule has 17 heavy (non-hydrogen) atoms. The van der Waals surface area contributed by atoms with Gasteiger partial charge in [-0.15, -0.1) is 0 Å². The van der Waals surface area contributed by atoms with Gasteiger partial charge in [-0.3, -0.25) is 4.79 Å². The summed E-state index contributed by atoms with van der Waals surface area (Å²) in [6.07, 6.45) is 1.98. The van der Waals surface area contributed by atoms with Crippen molar-refractivity contribution in [1.82, 2.24) is 0 Å². The minimum atomic E-state index is -0.0440. The van der Waals surface area contributed by atoms with Crippen molar-refractivity contribution in [1.29, 1.82) is 0 Å². The van der Waals surface area contributed by atoms with Crippen LogP contribution in [0.5, 0.6) is 11.5 Å². The molecule has 1 aromatic rings. The van der Waals surface area contributed by atoms with Crippen LogP contribution in [0.25, 0.3) is 0 Å². The van der Waals surface area contributed by atoms with Crippen LogP contribution < -0.4 is 9.47 Å². The maximum atomic E-state index is 11.5. The van der Waals surface area contributed by atoms with Gasteiger partial charge in [0, 0.05) is 5.92 Å². The van der Waals surface area contributed by atoms with E-state index in [1.54, 1.807) is 18.2 Å². The van der Waals surface area contributed by atoms with E-state index in [0.29, 0.717) is 11.5 Å². The fraction of sp³-hybridized carbons (Fsp3) is 0.462. The van der Waals surface area contributed by atoms with Crippen LogP contribution >= 0.6 is 0 Å². The third-order valence-corrected chi connectivity index (χ3v) is 2.81. The smallest absolute Gasteiger partial charge is 0.173 e. The molecular weight excluding hydrogens is 220 g/mol. The zero-order valence-electron chi connectivity index (χ0n) is 9.81. The summed E-state index contributed by atoms with van der Waals surface area (Å²) in [5, 5.41) is 9.00. The molecule has 1 saturated carbocycles. The first-order valence-electron chi connectivity index (χ1n) is 5.68. The molecule has 0 heterocycles. The number of aliphatic hydroxyl groups excluding tert-OH is 1. The van der Waals surface area contributed by atoms with Gasteiger partial charge in [0.05, 0.1) is 13.7 Å². The molecule has 1 aliphatic carbocycles. The zero-order chi connectivity index (χ0) is 12.3. The summed E-state index contributed by atoms with van der Waals surface area (Å²) in [5.74, 6) is 1.44. The second kappa shape index (κ2) is 5.19. The van der Waals surface area contributed by atoms with Crippen LogP contribution in [0.4, 0.5) is 0 Å². The van der Waals surface area contributed by atoms with Crippen molar-refractivity contribution >= 4 is 5.78 Å². The molecule has 1 fully saturated rings. The van der Waals surface area contributed by atoms with E-state index in [2.05, 4.69) is 0 Å². The van der Waals surface area contributed by atoms with Crippen LogP contribution in [-0.2, 0) is 11.4 Å². The Labute approximate surface area is 100 Å². The Morgan fingerprint density at radius 3 is 2.76 bits per heavy atom. The lowest BCUT2D eigenvalue weighted by Crippen LogP contribution is -2.13. The maximum absolute atomic E-state index is 11.5. The highest BCUT2D eigenvalue weighted by molar-refractivity contribution is 5.84. The van der Waals surface area contributed by atoms with Crippen molar-refractivity contribution in [2.45, 2.75) is 19.4 Å². The van der Waals surface area contributed by atoms with Crippen LogP contribution in [-0.4, -0.2) is 24.6 Å². The van der Waals surface area contributed by atoms with Gasteiger partial charge in [0.25, 0.3) is 0 Å². The molecule has 92 valence electrons. The van der Waals surface area contributed by atoms with Crippen LogP contribution in [0.15, 0.2) is 18.2 Å². The molecule has 4 nitrogen and oxygen atoms in total. The number of ketones is 1. The molecule has 0 saturated heterocycles. The van der Waals surface area contributed by atoms with E-state index >= 15 is 0 Å². The largest absolute Gasteiger partial charge is 0.493 e. The van der Waals surface area contributed by atoms with Crippen LogP contribution in [0, 0.1) is 5.92 Å². The van der Waals surface area contributed by atoms with Crippen LogP contribution in [0.1, 0.15) is 18.4 Å². The number of carbonyl (C=O) groups excluding carboxylic acids is 1. The predicted octanol–water partition coefficient (Wildman–Crippen LogP) is 1.55. The topological polar surface area (TPSA) is 55.8 Å². The molecule has 0 radical (unpaired) electrons. The second-order valence-electron chi connectivity index (χ2n) is 4.17. The molecular formula is C13H16O4. The van der Waals surface area contributed by atoms with Crippen molar-refractivity contribution in [3.63, 3.8) is 0 Å².